The third-order valence-corrected chi connectivity index (χ3v) is 5.14. The average Bonchev–Trinajstić information content (AvgIpc) is 2.63. The number of anilines is 1. The fourth-order valence-electron chi connectivity index (χ4n) is 3.59. The van der Waals surface area contributed by atoms with Crippen LogP contribution >= 0.6 is 0 Å². The van der Waals surface area contributed by atoms with Gasteiger partial charge in [0.2, 0.25) is 11.8 Å². The maximum absolute atomic E-state index is 14.6. The van der Waals surface area contributed by atoms with Gasteiger partial charge in [0.25, 0.3) is 0 Å². The zero-order valence-electron chi connectivity index (χ0n) is 14.9. The van der Waals surface area contributed by atoms with Crippen LogP contribution in [0.4, 0.5) is 10.1 Å². The standard InChI is InChI=1S/C19H26FN3O2/c1-12(2)19(25)23-9-6-13(7-10-23)18(24)22-16-4-3-14-11-21-8-5-15(14)17(16)20/h3-4,12-13,21H,5-11H2,1-2H3,(H,22,24). The number of hydrogen-bond acceptors (Lipinski definition) is 3. The minimum Gasteiger partial charge on any atom is -0.342 e. The van der Waals surface area contributed by atoms with Gasteiger partial charge in [-0.25, -0.2) is 4.39 Å². The summed E-state index contributed by atoms with van der Waals surface area (Å²) in [7, 11) is 0. The molecular weight excluding hydrogens is 321 g/mol. The Morgan fingerprint density at radius 3 is 2.68 bits per heavy atom. The number of likely N-dealkylation sites (tertiary alicyclic amines) is 1. The normalized spacial score (nSPS) is 18.2. The molecule has 3 rings (SSSR count). The molecule has 136 valence electrons. The van der Waals surface area contributed by atoms with Gasteiger partial charge in [0, 0.05) is 31.5 Å². The highest BCUT2D eigenvalue weighted by Gasteiger charge is 2.29. The minimum atomic E-state index is -0.306. The number of nitrogens with one attached hydrogen (secondary N) is 2. The average molecular weight is 347 g/mol. The highest BCUT2D eigenvalue weighted by Crippen LogP contribution is 2.26. The first-order valence-electron chi connectivity index (χ1n) is 9.08. The summed E-state index contributed by atoms with van der Waals surface area (Å²) in [5.41, 5.74) is 1.93. The smallest absolute Gasteiger partial charge is 0.227 e. The monoisotopic (exact) mass is 347 g/mol. The zero-order valence-corrected chi connectivity index (χ0v) is 14.9. The Kier molecular flexibility index (Phi) is 5.37. The SMILES string of the molecule is CC(C)C(=O)N1CCC(C(=O)Nc2ccc3c(c2F)CCNC3)CC1. The second-order valence-corrected chi connectivity index (χ2v) is 7.24. The van der Waals surface area contributed by atoms with Gasteiger partial charge >= 0.3 is 0 Å². The fourth-order valence-corrected chi connectivity index (χ4v) is 3.59. The number of carbonyl (C=O) groups excluding carboxylic acids is 2. The molecule has 0 aliphatic carbocycles. The molecule has 5 nitrogen and oxygen atoms in total. The van der Waals surface area contributed by atoms with Gasteiger partial charge in [-0.15, -0.1) is 0 Å². The number of nitrogens with zero attached hydrogens (tertiary/aromatic N) is 1. The largest absolute Gasteiger partial charge is 0.342 e. The van der Waals surface area contributed by atoms with E-state index < -0.39 is 0 Å². The van der Waals surface area contributed by atoms with Crippen molar-refractivity contribution in [3.8, 4) is 0 Å². The molecule has 2 heterocycles. The highest BCUT2D eigenvalue weighted by molar-refractivity contribution is 5.93. The summed E-state index contributed by atoms with van der Waals surface area (Å²) in [5, 5.41) is 5.97. The van der Waals surface area contributed by atoms with Gasteiger partial charge in [0.1, 0.15) is 5.82 Å². The molecule has 0 atom stereocenters. The summed E-state index contributed by atoms with van der Waals surface area (Å²) in [6.07, 6.45) is 1.89. The van der Waals surface area contributed by atoms with Crippen LogP contribution in [0.15, 0.2) is 12.1 Å². The molecule has 1 aromatic rings. The van der Waals surface area contributed by atoms with Crippen molar-refractivity contribution in [1.82, 2.24) is 10.2 Å². The van der Waals surface area contributed by atoms with E-state index in [0.29, 0.717) is 44.5 Å². The van der Waals surface area contributed by atoms with Crippen LogP contribution in [0.25, 0.3) is 0 Å². The summed E-state index contributed by atoms with van der Waals surface area (Å²) in [4.78, 5) is 26.3. The summed E-state index contributed by atoms with van der Waals surface area (Å²) in [6.45, 7) is 6.37. The van der Waals surface area contributed by atoms with Crippen molar-refractivity contribution in [2.45, 2.75) is 39.7 Å². The van der Waals surface area contributed by atoms with E-state index in [0.717, 1.165) is 12.1 Å². The summed E-state index contributed by atoms with van der Waals surface area (Å²) < 4.78 is 14.6. The predicted octanol–water partition coefficient (Wildman–Crippen LogP) is 2.30. The van der Waals surface area contributed by atoms with E-state index in [1.165, 1.54) is 0 Å². The van der Waals surface area contributed by atoms with Crippen molar-refractivity contribution in [3.63, 3.8) is 0 Å². The number of piperidine rings is 1. The molecule has 0 spiro atoms. The molecule has 0 aromatic heterocycles. The van der Waals surface area contributed by atoms with E-state index in [2.05, 4.69) is 10.6 Å². The van der Waals surface area contributed by atoms with E-state index in [1.807, 2.05) is 24.8 Å². The Hall–Kier alpha value is -1.95. The number of benzene rings is 1. The van der Waals surface area contributed by atoms with Crippen molar-refractivity contribution in [3.05, 3.63) is 29.1 Å². The third-order valence-electron chi connectivity index (χ3n) is 5.14. The zero-order chi connectivity index (χ0) is 18.0. The van der Waals surface area contributed by atoms with Crippen LogP contribution < -0.4 is 10.6 Å². The molecule has 0 bridgehead atoms. The van der Waals surface area contributed by atoms with Gasteiger partial charge in [-0.1, -0.05) is 19.9 Å². The van der Waals surface area contributed by atoms with Crippen LogP contribution in [-0.4, -0.2) is 36.3 Å². The van der Waals surface area contributed by atoms with Crippen LogP contribution in [0.5, 0.6) is 0 Å². The Bertz CT molecular complexity index is 667. The first-order valence-corrected chi connectivity index (χ1v) is 9.08. The number of rotatable bonds is 3. The first-order chi connectivity index (χ1) is 12.0. The number of carbonyl (C=O) groups is 2. The van der Waals surface area contributed by atoms with E-state index in [1.54, 1.807) is 6.07 Å². The maximum atomic E-state index is 14.6. The number of amides is 2. The van der Waals surface area contributed by atoms with Crippen molar-refractivity contribution in [2.24, 2.45) is 11.8 Å². The lowest BCUT2D eigenvalue weighted by Gasteiger charge is -2.32. The molecule has 2 aliphatic heterocycles. The molecule has 1 fully saturated rings. The predicted molar refractivity (Wildman–Crippen MR) is 94.6 cm³/mol. The van der Waals surface area contributed by atoms with Crippen LogP contribution in [0, 0.1) is 17.7 Å². The fraction of sp³-hybridized carbons (Fsp3) is 0.579. The van der Waals surface area contributed by atoms with Gasteiger partial charge in [0.15, 0.2) is 0 Å². The Labute approximate surface area is 148 Å². The molecule has 2 N–H and O–H groups in total. The lowest BCUT2D eigenvalue weighted by molar-refractivity contribution is -0.137. The van der Waals surface area contributed by atoms with Crippen LogP contribution in [0.3, 0.4) is 0 Å². The lowest BCUT2D eigenvalue weighted by Crippen LogP contribution is -2.43. The van der Waals surface area contributed by atoms with E-state index >= 15 is 0 Å². The molecular formula is C19H26FN3O2. The number of halogens is 1. The Morgan fingerprint density at radius 1 is 1.28 bits per heavy atom. The van der Waals surface area contributed by atoms with E-state index in [9.17, 15) is 14.0 Å². The molecule has 6 heteroatoms. The van der Waals surface area contributed by atoms with Crippen molar-refractivity contribution < 1.29 is 14.0 Å². The number of hydrogen-bond donors (Lipinski definition) is 2. The lowest BCUT2D eigenvalue weighted by atomic mass is 9.94. The van der Waals surface area contributed by atoms with E-state index in [-0.39, 0.29) is 35.2 Å². The van der Waals surface area contributed by atoms with Gasteiger partial charge in [0.05, 0.1) is 5.69 Å². The quantitative estimate of drug-likeness (QED) is 0.882. The summed E-state index contributed by atoms with van der Waals surface area (Å²) in [6, 6.07) is 3.53. The van der Waals surface area contributed by atoms with E-state index in [4.69, 9.17) is 0 Å². The van der Waals surface area contributed by atoms with Crippen molar-refractivity contribution >= 4 is 17.5 Å². The maximum Gasteiger partial charge on any atom is 0.227 e. The first kappa shape index (κ1) is 17.9. The van der Waals surface area contributed by atoms with Crippen molar-refractivity contribution in [2.75, 3.05) is 25.0 Å². The van der Waals surface area contributed by atoms with Gasteiger partial charge < -0.3 is 15.5 Å². The highest BCUT2D eigenvalue weighted by atomic mass is 19.1. The summed E-state index contributed by atoms with van der Waals surface area (Å²) >= 11 is 0. The minimum absolute atomic E-state index is 0.0237. The van der Waals surface area contributed by atoms with Gasteiger partial charge in [-0.2, -0.15) is 0 Å². The van der Waals surface area contributed by atoms with Crippen LogP contribution in [-0.2, 0) is 22.6 Å². The van der Waals surface area contributed by atoms with Crippen LogP contribution in [0.2, 0.25) is 0 Å². The molecule has 2 aliphatic rings. The summed E-state index contributed by atoms with van der Waals surface area (Å²) in [5.74, 6) is -0.518. The second kappa shape index (κ2) is 7.52. The second-order valence-electron chi connectivity index (χ2n) is 7.24. The van der Waals surface area contributed by atoms with Crippen molar-refractivity contribution in [1.29, 1.82) is 0 Å². The Balaban J connectivity index is 1.61. The van der Waals surface area contributed by atoms with Gasteiger partial charge in [-0.05, 0) is 43.0 Å². The topological polar surface area (TPSA) is 61.4 Å². The molecule has 0 unspecified atom stereocenters. The molecule has 1 aromatic carbocycles. The molecule has 0 saturated carbocycles. The molecule has 25 heavy (non-hydrogen) atoms. The van der Waals surface area contributed by atoms with Gasteiger partial charge in [-0.3, -0.25) is 9.59 Å². The van der Waals surface area contributed by atoms with Crippen LogP contribution in [0.1, 0.15) is 37.8 Å². The number of fused-ring (bicyclic) bond motifs is 1. The molecule has 2 amide bonds. The third kappa shape index (κ3) is 3.84. The Morgan fingerprint density at radius 2 is 2.00 bits per heavy atom. The molecule has 0 radical (unpaired) electrons. The molecule has 1 saturated heterocycles.